The third-order valence-corrected chi connectivity index (χ3v) is 4.48. The number of ether oxygens (including phenoxy) is 1. The average molecular weight is 304 g/mol. The molecule has 2 rings (SSSR count). The van der Waals surface area contributed by atoms with E-state index in [9.17, 15) is 0 Å². The summed E-state index contributed by atoms with van der Waals surface area (Å²) in [6.07, 6.45) is 2.08. The van der Waals surface area contributed by atoms with Gasteiger partial charge in [0.15, 0.2) is 0 Å². The van der Waals surface area contributed by atoms with Gasteiger partial charge in [0.2, 0.25) is 0 Å². The van der Waals surface area contributed by atoms with Crippen LogP contribution in [0.25, 0.3) is 0 Å². The summed E-state index contributed by atoms with van der Waals surface area (Å²) in [6, 6.07) is 8.28. The second-order valence-corrected chi connectivity index (χ2v) is 6.62. The number of aryl methyl sites for hydroxylation is 1. The quantitative estimate of drug-likeness (QED) is 0.831. The highest BCUT2D eigenvalue weighted by atomic mass is 32.1. The fraction of sp³-hybridized carbons (Fsp3) is 0.471. The molecule has 0 saturated heterocycles. The summed E-state index contributed by atoms with van der Waals surface area (Å²) in [6.45, 7) is 7.61. The van der Waals surface area contributed by atoms with Crippen LogP contribution in [-0.2, 0) is 19.6 Å². The van der Waals surface area contributed by atoms with Crippen molar-refractivity contribution in [3.05, 3.63) is 45.4 Å². The molecule has 0 aliphatic rings. The second kappa shape index (κ2) is 7.57. The van der Waals surface area contributed by atoms with Gasteiger partial charge in [-0.25, -0.2) is 4.98 Å². The maximum absolute atomic E-state index is 5.88. The fourth-order valence-corrected chi connectivity index (χ4v) is 3.11. The number of benzene rings is 1. The molecule has 0 unspecified atom stereocenters. The van der Waals surface area contributed by atoms with Crippen molar-refractivity contribution in [1.29, 1.82) is 0 Å². The number of thiazole rings is 1. The molecule has 0 aliphatic heterocycles. The number of aromatic nitrogens is 1. The molecule has 1 aromatic heterocycles. The third kappa shape index (κ3) is 4.29. The smallest absolute Gasteiger partial charge is 0.140 e. The normalized spacial score (nSPS) is 11.1. The van der Waals surface area contributed by atoms with Crippen molar-refractivity contribution in [2.45, 2.75) is 52.7 Å². The summed E-state index contributed by atoms with van der Waals surface area (Å²) in [7, 11) is 0. The molecular formula is C17H24N2OS. The van der Waals surface area contributed by atoms with Gasteiger partial charge in [-0.2, -0.15) is 0 Å². The van der Waals surface area contributed by atoms with E-state index in [0.717, 1.165) is 29.3 Å². The molecule has 0 bridgehead atoms. The first kappa shape index (κ1) is 16.0. The lowest BCUT2D eigenvalue weighted by molar-refractivity contribution is 0.305. The van der Waals surface area contributed by atoms with E-state index < -0.39 is 0 Å². The molecule has 2 N–H and O–H groups in total. The third-order valence-electron chi connectivity index (χ3n) is 3.38. The Hall–Kier alpha value is -1.39. The van der Waals surface area contributed by atoms with Gasteiger partial charge in [-0.15, -0.1) is 11.3 Å². The van der Waals surface area contributed by atoms with E-state index in [1.165, 1.54) is 10.4 Å². The Balaban J connectivity index is 2.04. The number of hydrogen-bond acceptors (Lipinski definition) is 4. The van der Waals surface area contributed by atoms with Crippen LogP contribution in [0.2, 0.25) is 0 Å². The summed E-state index contributed by atoms with van der Waals surface area (Å²) in [5.74, 6) is 1.41. The van der Waals surface area contributed by atoms with Crippen LogP contribution in [0.1, 0.15) is 54.3 Å². The minimum Gasteiger partial charge on any atom is -0.486 e. The monoisotopic (exact) mass is 304 g/mol. The zero-order chi connectivity index (χ0) is 15.2. The largest absolute Gasteiger partial charge is 0.486 e. The molecular weight excluding hydrogens is 280 g/mol. The van der Waals surface area contributed by atoms with Gasteiger partial charge in [0, 0.05) is 11.4 Å². The van der Waals surface area contributed by atoms with Crippen molar-refractivity contribution in [1.82, 2.24) is 4.98 Å². The topological polar surface area (TPSA) is 48.1 Å². The Morgan fingerprint density at radius 3 is 2.81 bits per heavy atom. The highest BCUT2D eigenvalue weighted by Crippen LogP contribution is 2.23. The maximum Gasteiger partial charge on any atom is 0.140 e. The zero-order valence-electron chi connectivity index (χ0n) is 13.1. The molecule has 4 heteroatoms. The molecule has 21 heavy (non-hydrogen) atoms. The van der Waals surface area contributed by atoms with Gasteiger partial charge in [-0.1, -0.05) is 39.3 Å². The van der Waals surface area contributed by atoms with E-state index in [-0.39, 0.29) is 0 Å². The molecule has 3 nitrogen and oxygen atoms in total. The predicted octanol–water partition coefficient (Wildman–Crippen LogP) is 4.26. The summed E-state index contributed by atoms with van der Waals surface area (Å²) in [5, 5.41) is 1.01. The van der Waals surface area contributed by atoms with Crippen LogP contribution >= 0.6 is 11.3 Å². The van der Waals surface area contributed by atoms with Crippen LogP contribution in [0.15, 0.2) is 24.3 Å². The summed E-state index contributed by atoms with van der Waals surface area (Å²) >= 11 is 1.67. The molecule has 2 aromatic rings. The number of nitrogens with zero attached hydrogens (tertiary/aromatic N) is 1. The Kier molecular flexibility index (Phi) is 5.76. The van der Waals surface area contributed by atoms with Crippen LogP contribution in [0.4, 0.5) is 0 Å². The van der Waals surface area contributed by atoms with Crippen LogP contribution in [0.3, 0.4) is 0 Å². The van der Waals surface area contributed by atoms with E-state index in [0.29, 0.717) is 19.1 Å². The van der Waals surface area contributed by atoms with E-state index >= 15 is 0 Å². The fourth-order valence-electron chi connectivity index (χ4n) is 2.20. The minimum absolute atomic E-state index is 0.508. The van der Waals surface area contributed by atoms with E-state index in [4.69, 9.17) is 10.5 Å². The van der Waals surface area contributed by atoms with Gasteiger partial charge in [0.25, 0.3) is 0 Å². The molecule has 0 fully saturated rings. The summed E-state index contributed by atoms with van der Waals surface area (Å²) < 4.78 is 5.88. The molecule has 0 aliphatic carbocycles. The lowest BCUT2D eigenvalue weighted by Crippen LogP contribution is -1.98. The Labute approximate surface area is 131 Å². The first-order valence-corrected chi connectivity index (χ1v) is 8.36. The predicted molar refractivity (Wildman–Crippen MR) is 88.9 cm³/mol. The summed E-state index contributed by atoms with van der Waals surface area (Å²) in [5.41, 5.74) is 8.22. The van der Waals surface area contributed by atoms with Crippen molar-refractivity contribution in [2.75, 3.05) is 0 Å². The van der Waals surface area contributed by atoms with E-state index in [1.54, 1.807) is 11.3 Å². The molecule has 0 atom stereocenters. The number of hydrogen-bond donors (Lipinski definition) is 1. The lowest BCUT2D eigenvalue weighted by Gasteiger charge is -2.08. The lowest BCUT2D eigenvalue weighted by atomic mass is 10.0. The Morgan fingerprint density at radius 2 is 2.14 bits per heavy atom. The van der Waals surface area contributed by atoms with Gasteiger partial charge in [-0.3, -0.25) is 0 Å². The molecule has 1 heterocycles. The van der Waals surface area contributed by atoms with Crippen LogP contribution in [0.5, 0.6) is 5.75 Å². The van der Waals surface area contributed by atoms with E-state index in [2.05, 4.69) is 37.9 Å². The van der Waals surface area contributed by atoms with Gasteiger partial charge in [0.1, 0.15) is 17.4 Å². The second-order valence-electron chi connectivity index (χ2n) is 5.45. The van der Waals surface area contributed by atoms with Crippen molar-refractivity contribution < 1.29 is 4.74 Å². The molecule has 114 valence electrons. The van der Waals surface area contributed by atoms with Crippen molar-refractivity contribution in [3.63, 3.8) is 0 Å². The number of rotatable bonds is 7. The Morgan fingerprint density at radius 1 is 1.33 bits per heavy atom. The SMILES string of the molecule is CCCc1nc(COc2cccc(C(C)C)c2)sc1CN. The van der Waals surface area contributed by atoms with Crippen LogP contribution in [0, 0.1) is 0 Å². The minimum atomic E-state index is 0.508. The average Bonchev–Trinajstić information content (AvgIpc) is 2.88. The van der Waals surface area contributed by atoms with Crippen molar-refractivity contribution in [2.24, 2.45) is 5.73 Å². The maximum atomic E-state index is 5.88. The van der Waals surface area contributed by atoms with Gasteiger partial charge in [-0.05, 0) is 30.0 Å². The molecule has 0 amide bonds. The van der Waals surface area contributed by atoms with Gasteiger partial charge in [0.05, 0.1) is 5.69 Å². The first-order valence-electron chi connectivity index (χ1n) is 7.54. The highest BCUT2D eigenvalue weighted by molar-refractivity contribution is 7.11. The molecule has 0 spiro atoms. The van der Waals surface area contributed by atoms with Gasteiger partial charge >= 0.3 is 0 Å². The van der Waals surface area contributed by atoms with Crippen LogP contribution in [-0.4, -0.2) is 4.98 Å². The number of nitrogens with two attached hydrogens (primary N) is 1. The first-order chi connectivity index (χ1) is 10.1. The molecule has 1 aromatic carbocycles. The van der Waals surface area contributed by atoms with Crippen molar-refractivity contribution >= 4 is 11.3 Å². The van der Waals surface area contributed by atoms with Crippen molar-refractivity contribution in [3.8, 4) is 5.75 Å². The molecule has 0 radical (unpaired) electrons. The van der Waals surface area contributed by atoms with Gasteiger partial charge < -0.3 is 10.5 Å². The Bertz CT molecular complexity index is 578. The molecule has 0 saturated carbocycles. The summed E-state index contributed by atoms with van der Waals surface area (Å²) in [4.78, 5) is 5.84. The van der Waals surface area contributed by atoms with E-state index in [1.807, 2.05) is 12.1 Å². The standard InChI is InChI=1S/C17H24N2OS/c1-4-6-15-16(10-18)21-17(19-15)11-20-14-8-5-7-13(9-14)12(2)3/h5,7-9,12H,4,6,10-11,18H2,1-3H3. The zero-order valence-corrected chi connectivity index (χ0v) is 13.9. The highest BCUT2D eigenvalue weighted by Gasteiger charge is 2.10. The van der Waals surface area contributed by atoms with Crippen LogP contribution < -0.4 is 10.5 Å².